The van der Waals surface area contributed by atoms with Crippen molar-refractivity contribution in [1.82, 2.24) is 20.7 Å². The molecular weight excluding hydrogens is 236 g/mol. The molecule has 0 radical (unpaired) electrons. The number of hydrogen-bond donors (Lipinski definition) is 2. The summed E-state index contributed by atoms with van der Waals surface area (Å²) in [6, 6.07) is -1.05. The third-order valence-corrected chi connectivity index (χ3v) is 3.42. The summed E-state index contributed by atoms with van der Waals surface area (Å²) >= 11 is 0. The molecule has 7 nitrogen and oxygen atoms in total. The molecule has 2 aliphatic heterocycles. The molecule has 0 aromatic rings. The molecule has 0 aliphatic carbocycles. The molecule has 2 heterocycles. The van der Waals surface area contributed by atoms with E-state index in [1.807, 2.05) is 0 Å². The lowest BCUT2D eigenvalue weighted by molar-refractivity contribution is -0.175. The van der Waals surface area contributed by atoms with Crippen molar-refractivity contribution in [3.05, 3.63) is 0 Å². The molecule has 2 saturated heterocycles. The first kappa shape index (κ1) is 12.8. The van der Waals surface area contributed by atoms with Crippen LogP contribution >= 0.6 is 0 Å². The lowest BCUT2D eigenvalue weighted by Crippen LogP contribution is -2.61. The highest BCUT2D eigenvalue weighted by molar-refractivity contribution is 5.94. The van der Waals surface area contributed by atoms with Crippen molar-refractivity contribution in [3.8, 4) is 0 Å². The summed E-state index contributed by atoms with van der Waals surface area (Å²) < 4.78 is 0. The molecule has 0 spiro atoms. The highest BCUT2D eigenvalue weighted by Crippen LogP contribution is 2.21. The van der Waals surface area contributed by atoms with Crippen molar-refractivity contribution >= 4 is 17.7 Å². The molecular formula is C11H18N4O3. The smallest absolute Gasteiger partial charge is 0.260 e. The number of hydrazine groups is 1. The molecule has 0 bridgehead atoms. The summed E-state index contributed by atoms with van der Waals surface area (Å²) in [4.78, 5) is 35.9. The summed E-state index contributed by atoms with van der Waals surface area (Å²) in [5.74, 6) is -0.625. The molecule has 2 atom stereocenters. The summed E-state index contributed by atoms with van der Waals surface area (Å²) in [5.41, 5.74) is 0. The molecule has 2 rings (SSSR count). The van der Waals surface area contributed by atoms with E-state index in [0.29, 0.717) is 13.0 Å². The van der Waals surface area contributed by atoms with Gasteiger partial charge in [-0.2, -0.15) is 0 Å². The van der Waals surface area contributed by atoms with Crippen molar-refractivity contribution < 1.29 is 14.4 Å². The van der Waals surface area contributed by atoms with Crippen LogP contribution < -0.4 is 10.6 Å². The Kier molecular flexibility index (Phi) is 3.51. The van der Waals surface area contributed by atoms with Crippen LogP contribution in [0, 0.1) is 0 Å². The predicted octanol–water partition coefficient (Wildman–Crippen LogP) is -1.54. The minimum atomic E-state index is -0.562. The van der Waals surface area contributed by atoms with E-state index in [0.717, 1.165) is 6.42 Å². The Bertz CT molecular complexity index is 384. The number of likely N-dealkylation sites (N-methyl/N-ethyl adjacent to an activating group) is 1. The highest BCUT2D eigenvalue weighted by Gasteiger charge is 2.43. The zero-order valence-electron chi connectivity index (χ0n) is 10.6. The molecule has 2 N–H and O–H groups in total. The first-order valence-electron chi connectivity index (χ1n) is 6.12. The van der Waals surface area contributed by atoms with E-state index in [1.165, 1.54) is 16.9 Å². The third kappa shape index (κ3) is 2.05. The lowest BCUT2D eigenvalue weighted by atomic mass is 10.1. The van der Waals surface area contributed by atoms with Gasteiger partial charge in [0.15, 0.2) is 0 Å². The van der Waals surface area contributed by atoms with Gasteiger partial charge in [-0.1, -0.05) is 0 Å². The molecule has 2 aliphatic rings. The molecule has 0 aromatic carbocycles. The summed E-state index contributed by atoms with van der Waals surface area (Å²) in [6.07, 6.45) is 1.32. The van der Waals surface area contributed by atoms with Crippen LogP contribution in [-0.2, 0) is 14.4 Å². The quantitative estimate of drug-likeness (QED) is 0.594. The first-order valence-corrected chi connectivity index (χ1v) is 6.12. The van der Waals surface area contributed by atoms with Crippen molar-refractivity contribution in [1.29, 1.82) is 0 Å². The van der Waals surface area contributed by atoms with E-state index >= 15 is 0 Å². The van der Waals surface area contributed by atoms with Crippen molar-refractivity contribution in [3.63, 3.8) is 0 Å². The third-order valence-electron chi connectivity index (χ3n) is 3.42. The zero-order chi connectivity index (χ0) is 13.3. The van der Waals surface area contributed by atoms with Gasteiger partial charge in [0.1, 0.15) is 12.1 Å². The van der Waals surface area contributed by atoms with Gasteiger partial charge in [-0.15, -0.1) is 0 Å². The number of amides is 3. The number of rotatable bonds is 1. The van der Waals surface area contributed by atoms with Gasteiger partial charge >= 0.3 is 0 Å². The van der Waals surface area contributed by atoms with E-state index in [1.54, 1.807) is 7.05 Å². The Morgan fingerprint density at radius 3 is 2.78 bits per heavy atom. The van der Waals surface area contributed by atoms with Crippen LogP contribution in [0.15, 0.2) is 0 Å². The summed E-state index contributed by atoms with van der Waals surface area (Å²) in [5, 5.41) is 8.30. The van der Waals surface area contributed by atoms with Gasteiger partial charge in [-0.25, -0.2) is 5.01 Å². The number of nitrogens with one attached hydrogen (secondary N) is 2. The topological polar surface area (TPSA) is 81.8 Å². The largest absolute Gasteiger partial charge is 0.352 e. The Balaban J connectivity index is 2.34. The van der Waals surface area contributed by atoms with Crippen LogP contribution in [0.4, 0.5) is 0 Å². The predicted molar refractivity (Wildman–Crippen MR) is 63.1 cm³/mol. The normalized spacial score (nSPS) is 28.6. The van der Waals surface area contributed by atoms with E-state index in [2.05, 4.69) is 10.6 Å². The van der Waals surface area contributed by atoms with Crippen molar-refractivity contribution in [2.45, 2.75) is 31.8 Å². The number of fused-ring (bicyclic) bond motifs is 1. The molecule has 1 unspecified atom stereocenters. The Morgan fingerprint density at radius 1 is 1.44 bits per heavy atom. The van der Waals surface area contributed by atoms with Gasteiger partial charge in [0.25, 0.3) is 5.91 Å². The minimum absolute atomic E-state index is 0.188. The number of hydrogen-bond acceptors (Lipinski definition) is 4. The standard InChI is InChI=1S/C11H18N4O3/c1-7(16)14-5-3-4-9-10(17)13-6-8(12-2)11(18)15(9)14/h8-9,12H,3-6H2,1-2H3,(H,13,17)/t8-,9?/m0/s1. The molecule has 100 valence electrons. The van der Waals surface area contributed by atoms with Gasteiger partial charge in [0, 0.05) is 20.0 Å². The summed E-state index contributed by atoms with van der Waals surface area (Å²) in [6.45, 7) is 2.15. The van der Waals surface area contributed by atoms with E-state index in [4.69, 9.17) is 0 Å². The Morgan fingerprint density at radius 2 is 2.17 bits per heavy atom. The van der Waals surface area contributed by atoms with Crippen molar-refractivity contribution in [2.24, 2.45) is 0 Å². The maximum atomic E-state index is 12.3. The van der Waals surface area contributed by atoms with Gasteiger partial charge in [-0.05, 0) is 19.9 Å². The van der Waals surface area contributed by atoms with Gasteiger partial charge in [0.05, 0.1) is 0 Å². The second-order valence-electron chi connectivity index (χ2n) is 4.57. The SMILES string of the molecule is CN[C@H]1CNC(=O)C2CCCN(C(C)=O)N2C1=O. The molecule has 0 aromatic heterocycles. The molecule has 18 heavy (non-hydrogen) atoms. The Labute approximate surface area is 105 Å². The number of carbonyl (C=O) groups excluding carboxylic acids is 3. The second kappa shape index (κ2) is 4.93. The zero-order valence-corrected chi connectivity index (χ0v) is 10.6. The maximum Gasteiger partial charge on any atom is 0.260 e. The van der Waals surface area contributed by atoms with Crippen LogP contribution in [-0.4, -0.2) is 60.0 Å². The fourth-order valence-corrected chi connectivity index (χ4v) is 2.45. The lowest BCUT2D eigenvalue weighted by Gasteiger charge is -2.42. The van der Waals surface area contributed by atoms with Gasteiger partial charge < -0.3 is 10.6 Å². The fourth-order valence-electron chi connectivity index (χ4n) is 2.45. The van der Waals surface area contributed by atoms with E-state index in [-0.39, 0.29) is 24.3 Å². The van der Waals surface area contributed by atoms with Crippen LogP contribution in [0.25, 0.3) is 0 Å². The maximum absolute atomic E-state index is 12.3. The van der Waals surface area contributed by atoms with Gasteiger partial charge in [0.2, 0.25) is 11.8 Å². The molecule has 7 heteroatoms. The van der Waals surface area contributed by atoms with E-state index < -0.39 is 12.1 Å². The molecule has 3 amide bonds. The minimum Gasteiger partial charge on any atom is -0.352 e. The molecule has 2 fully saturated rings. The first-order chi connectivity index (χ1) is 8.56. The summed E-state index contributed by atoms with van der Waals surface area (Å²) in [7, 11) is 1.66. The average Bonchev–Trinajstić information content (AvgIpc) is 2.48. The Hall–Kier alpha value is -1.63. The fraction of sp³-hybridized carbons (Fsp3) is 0.727. The average molecular weight is 254 g/mol. The van der Waals surface area contributed by atoms with Gasteiger partial charge in [-0.3, -0.25) is 19.4 Å². The van der Waals surface area contributed by atoms with Crippen LogP contribution in [0.5, 0.6) is 0 Å². The van der Waals surface area contributed by atoms with E-state index in [9.17, 15) is 14.4 Å². The monoisotopic (exact) mass is 254 g/mol. The number of nitrogens with zero attached hydrogens (tertiary/aromatic N) is 2. The van der Waals surface area contributed by atoms with Crippen molar-refractivity contribution in [2.75, 3.05) is 20.1 Å². The van der Waals surface area contributed by atoms with Crippen LogP contribution in [0.2, 0.25) is 0 Å². The highest BCUT2D eigenvalue weighted by atomic mass is 16.2. The van der Waals surface area contributed by atoms with Crippen LogP contribution in [0.3, 0.4) is 0 Å². The number of carbonyl (C=O) groups is 3. The molecule has 0 saturated carbocycles. The second-order valence-corrected chi connectivity index (χ2v) is 4.57. The van der Waals surface area contributed by atoms with Crippen LogP contribution in [0.1, 0.15) is 19.8 Å².